The molecule has 9 heteroatoms. The van der Waals surface area contributed by atoms with Crippen molar-refractivity contribution < 1.29 is 14.6 Å². The zero-order valence-corrected chi connectivity index (χ0v) is 17.6. The maximum absolute atomic E-state index is 10.2. The molecule has 1 atom stereocenters. The fourth-order valence-corrected chi connectivity index (χ4v) is 3.77. The van der Waals surface area contributed by atoms with E-state index in [0.29, 0.717) is 26.7 Å². The van der Waals surface area contributed by atoms with Crippen LogP contribution in [0, 0.1) is 0 Å². The molecule has 1 heterocycles. The zero-order valence-electron chi connectivity index (χ0n) is 15.3. The van der Waals surface area contributed by atoms with Crippen LogP contribution in [0.25, 0.3) is 11.4 Å². The predicted molar refractivity (Wildman–Crippen MR) is 112 cm³/mol. The Morgan fingerprint density at radius 3 is 2.43 bits per heavy atom. The summed E-state index contributed by atoms with van der Waals surface area (Å²) in [5, 5.41) is 20.2. The monoisotopic (exact) mass is 439 g/mol. The summed E-state index contributed by atoms with van der Waals surface area (Å²) in [7, 11) is 3.51. The molecule has 3 aromatic rings. The highest BCUT2D eigenvalue weighted by molar-refractivity contribution is 7.99. The van der Waals surface area contributed by atoms with Crippen LogP contribution in [0.4, 0.5) is 0 Å². The Bertz CT molecular complexity index is 914. The van der Waals surface area contributed by atoms with Crippen LogP contribution >= 0.6 is 35.0 Å². The molecule has 0 saturated carbocycles. The second-order valence-corrected chi connectivity index (χ2v) is 7.72. The summed E-state index contributed by atoms with van der Waals surface area (Å²) in [5.74, 6) is 2.27. The Labute approximate surface area is 177 Å². The second-order valence-electron chi connectivity index (χ2n) is 5.92. The van der Waals surface area contributed by atoms with Crippen molar-refractivity contribution in [2.45, 2.75) is 11.3 Å². The molecule has 1 unspecified atom stereocenters. The molecule has 148 valence electrons. The van der Waals surface area contributed by atoms with Gasteiger partial charge < -0.3 is 19.1 Å². The number of aliphatic hydroxyl groups is 1. The molecule has 0 aliphatic carbocycles. The van der Waals surface area contributed by atoms with E-state index in [9.17, 15) is 5.11 Å². The molecule has 1 aromatic heterocycles. The number of hydrogen-bond acceptors (Lipinski definition) is 6. The number of aliphatic hydroxyl groups excluding tert-OH is 1. The largest absolute Gasteiger partial charge is 0.497 e. The normalized spacial score (nSPS) is 12.0. The first kappa shape index (κ1) is 20.8. The molecule has 0 bridgehead atoms. The minimum Gasteiger partial charge on any atom is -0.497 e. The Balaban J connectivity index is 1.58. The smallest absolute Gasteiger partial charge is 0.191 e. The number of benzene rings is 2. The van der Waals surface area contributed by atoms with E-state index in [-0.39, 0.29) is 6.61 Å². The van der Waals surface area contributed by atoms with Crippen LogP contribution in [0.15, 0.2) is 47.6 Å². The second kappa shape index (κ2) is 9.52. The van der Waals surface area contributed by atoms with E-state index in [4.69, 9.17) is 32.7 Å². The third kappa shape index (κ3) is 4.91. The number of hydrogen-bond donors (Lipinski definition) is 1. The molecule has 0 saturated heterocycles. The molecule has 0 amide bonds. The van der Waals surface area contributed by atoms with Crippen LogP contribution in [-0.4, -0.2) is 45.4 Å². The lowest BCUT2D eigenvalue weighted by Gasteiger charge is -2.13. The first-order chi connectivity index (χ1) is 13.5. The number of halogens is 2. The molecular weight excluding hydrogens is 421 g/mol. The van der Waals surface area contributed by atoms with E-state index in [2.05, 4.69) is 10.2 Å². The van der Waals surface area contributed by atoms with Gasteiger partial charge in [-0.3, -0.25) is 0 Å². The summed E-state index contributed by atoms with van der Waals surface area (Å²) in [5.41, 5.74) is 0.930. The molecule has 0 fully saturated rings. The van der Waals surface area contributed by atoms with Gasteiger partial charge in [-0.1, -0.05) is 41.0 Å². The van der Waals surface area contributed by atoms with Crippen molar-refractivity contribution in [3.63, 3.8) is 0 Å². The number of thioether (sulfide) groups is 1. The molecule has 3 rings (SSSR count). The van der Waals surface area contributed by atoms with E-state index in [1.807, 2.05) is 35.9 Å². The van der Waals surface area contributed by atoms with Gasteiger partial charge in [0.15, 0.2) is 16.7 Å². The summed E-state index contributed by atoms with van der Waals surface area (Å²) in [6.45, 7) is 0.0691. The highest BCUT2D eigenvalue weighted by Gasteiger charge is 2.15. The Morgan fingerprint density at radius 1 is 1.11 bits per heavy atom. The van der Waals surface area contributed by atoms with E-state index >= 15 is 0 Å². The average molecular weight is 440 g/mol. The maximum Gasteiger partial charge on any atom is 0.191 e. The van der Waals surface area contributed by atoms with Crippen LogP contribution in [0.3, 0.4) is 0 Å². The molecule has 28 heavy (non-hydrogen) atoms. The zero-order chi connectivity index (χ0) is 20.1. The predicted octanol–water partition coefficient (Wildman–Crippen LogP) is 4.33. The maximum atomic E-state index is 10.2. The van der Waals surface area contributed by atoms with Crippen molar-refractivity contribution >= 4 is 35.0 Å². The fourth-order valence-electron chi connectivity index (χ4n) is 2.45. The van der Waals surface area contributed by atoms with Crippen molar-refractivity contribution in [2.24, 2.45) is 7.05 Å². The van der Waals surface area contributed by atoms with Gasteiger partial charge in [0, 0.05) is 18.4 Å². The average Bonchev–Trinajstić information content (AvgIpc) is 3.06. The standard InChI is InChI=1S/C19H19Cl2N3O3S/c1-24-18(12-6-8-14(26-2)9-7-12)22-23-19(24)28-11-13(25)10-27-17-15(20)4-3-5-16(17)21/h3-9,13,25H,10-11H2,1-2H3. The van der Waals surface area contributed by atoms with Gasteiger partial charge in [0.25, 0.3) is 0 Å². The summed E-state index contributed by atoms with van der Waals surface area (Å²) >= 11 is 13.5. The lowest BCUT2D eigenvalue weighted by Crippen LogP contribution is -2.20. The topological polar surface area (TPSA) is 69.4 Å². The number of aromatic nitrogens is 3. The van der Waals surface area contributed by atoms with Crippen LogP contribution in [0.2, 0.25) is 10.0 Å². The lowest BCUT2D eigenvalue weighted by molar-refractivity contribution is 0.126. The van der Waals surface area contributed by atoms with Crippen molar-refractivity contribution in [1.29, 1.82) is 0 Å². The molecule has 0 aliphatic rings. The first-order valence-corrected chi connectivity index (χ1v) is 10.1. The van der Waals surface area contributed by atoms with Crippen molar-refractivity contribution in [3.05, 3.63) is 52.5 Å². The van der Waals surface area contributed by atoms with E-state index < -0.39 is 6.10 Å². The van der Waals surface area contributed by atoms with Gasteiger partial charge in [0.2, 0.25) is 0 Å². The molecule has 0 spiro atoms. The fraction of sp³-hybridized carbons (Fsp3) is 0.263. The Hall–Kier alpha value is -1.93. The summed E-state index contributed by atoms with van der Waals surface area (Å²) in [6.07, 6.45) is -0.724. The van der Waals surface area contributed by atoms with Gasteiger partial charge >= 0.3 is 0 Å². The quantitative estimate of drug-likeness (QED) is 0.526. The third-order valence-electron chi connectivity index (χ3n) is 3.93. The SMILES string of the molecule is COc1ccc(-c2nnc(SCC(O)COc3c(Cl)cccc3Cl)n2C)cc1. The first-order valence-electron chi connectivity index (χ1n) is 8.41. The van der Waals surface area contributed by atoms with Crippen LogP contribution in [0.1, 0.15) is 0 Å². The van der Waals surface area contributed by atoms with Crippen LogP contribution < -0.4 is 9.47 Å². The highest BCUT2D eigenvalue weighted by atomic mass is 35.5. The minimum atomic E-state index is -0.724. The molecule has 1 N–H and O–H groups in total. The van der Waals surface area contributed by atoms with E-state index in [1.165, 1.54) is 11.8 Å². The molecule has 0 radical (unpaired) electrons. The molecule has 2 aromatic carbocycles. The van der Waals surface area contributed by atoms with Gasteiger partial charge in [-0.05, 0) is 36.4 Å². The number of nitrogens with zero attached hydrogens (tertiary/aromatic N) is 3. The number of methoxy groups -OCH3 is 1. The Kier molecular flexibility index (Phi) is 7.07. The van der Waals surface area contributed by atoms with E-state index in [0.717, 1.165) is 17.1 Å². The molecule has 0 aliphatic heterocycles. The summed E-state index contributed by atoms with van der Waals surface area (Å²) in [4.78, 5) is 0. The van der Waals surface area contributed by atoms with Crippen LogP contribution in [0.5, 0.6) is 11.5 Å². The highest BCUT2D eigenvalue weighted by Crippen LogP contribution is 2.32. The molecule has 6 nitrogen and oxygen atoms in total. The van der Waals surface area contributed by atoms with Crippen molar-refractivity contribution in [1.82, 2.24) is 14.8 Å². The number of ether oxygens (including phenoxy) is 2. The summed E-state index contributed by atoms with van der Waals surface area (Å²) in [6, 6.07) is 12.7. The minimum absolute atomic E-state index is 0.0691. The number of para-hydroxylation sites is 1. The third-order valence-corrected chi connectivity index (χ3v) is 5.69. The van der Waals surface area contributed by atoms with Gasteiger partial charge in [-0.25, -0.2) is 0 Å². The Morgan fingerprint density at radius 2 is 1.79 bits per heavy atom. The van der Waals surface area contributed by atoms with Gasteiger partial charge in [0.05, 0.1) is 23.3 Å². The summed E-state index contributed by atoms with van der Waals surface area (Å²) < 4.78 is 12.6. The van der Waals surface area contributed by atoms with Gasteiger partial charge in [-0.15, -0.1) is 10.2 Å². The molecular formula is C19H19Cl2N3O3S. The number of rotatable bonds is 8. The van der Waals surface area contributed by atoms with Crippen molar-refractivity contribution in [3.8, 4) is 22.9 Å². The van der Waals surface area contributed by atoms with Gasteiger partial charge in [0.1, 0.15) is 12.4 Å². The van der Waals surface area contributed by atoms with Gasteiger partial charge in [-0.2, -0.15) is 0 Å². The van der Waals surface area contributed by atoms with E-state index in [1.54, 1.807) is 25.3 Å². The van der Waals surface area contributed by atoms with Crippen molar-refractivity contribution in [2.75, 3.05) is 19.5 Å². The van der Waals surface area contributed by atoms with Crippen LogP contribution in [-0.2, 0) is 7.05 Å². The lowest BCUT2D eigenvalue weighted by atomic mass is 10.2.